The van der Waals surface area contributed by atoms with E-state index in [-0.39, 0.29) is 57.2 Å². The van der Waals surface area contributed by atoms with Crippen LogP contribution in [-0.2, 0) is 37.4 Å². The number of nitrogens with one attached hydrogen (secondary N) is 1. The van der Waals surface area contributed by atoms with E-state index in [4.69, 9.17) is 14.5 Å². The molecule has 0 radical (unpaired) electrons. The molecule has 1 atom stereocenters. The smallest absolute Gasteiger partial charge is 0.118 e. The molecule has 0 spiro atoms. The minimum atomic E-state index is -0.0474. The van der Waals surface area contributed by atoms with Gasteiger partial charge in [0.15, 0.2) is 0 Å². The van der Waals surface area contributed by atoms with Gasteiger partial charge in [0.2, 0.25) is 0 Å². The first kappa shape index (κ1) is 33.8. The SMILES string of the molecule is OCCC(Cc1ccccc1O)NCCOOOOCCOCC[N+](CCO)(CCO)CCc1ccccc1O. The Kier molecular flexibility index (Phi) is 17.4. The molecule has 12 heteroatoms. The van der Waals surface area contributed by atoms with Crippen LogP contribution >= 0.6 is 0 Å². The van der Waals surface area contributed by atoms with E-state index in [9.17, 15) is 25.5 Å². The molecular weight excluding hydrogens is 524 g/mol. The van der Waals surface area contributed by atoms with E-state index < -0.39 is 0 Å². The number of aromatic hydroxyl groups is 2. The Balaban J connectivity index is 1.56. The Bertz CT molecular complexity index is 914. The summed E-state index contributed by atoms with van der Waals surface area (Å²) in [7, 11) is 0. The number of quaternary nitrogens is 1. The number of hydrogen-bond acceptors (Lipinski definition) is 11. The second-order valence-electron chi connectivity index (χ2n) is 9.45. The Hall–Kier alpha value is -2.36. The lowest BCUT2D eigenvalue weighted by Gasteiger charge is -2.38. The van der Waals surface area contributed by atoms with E-state index in [1.54, 1.807) is 24.3 Å². The zero-order chi connectivity index (χ0) is 28.9. The summed E-state index contributed by atoms with van der Waals surface area (Å²) in [5.74, 6) is 0.457. The topological polar surface area (TPSA) is 159 Å². The number of benzene rings is 2. The van der Waals surface area contributed by atoms with Crippen molar-refractivity contribution in [1.29, 1.82) is 0 Å². The van der Waals surface area contributed by atoms with Crippen LogP contribution in [0.2, 0.25) is 0 Å². The zero-order valence-corrected chi connectivity index (χ0v) is 23.0. The number of hydrogen-bond donors (Lipinski definition) is 6. The Morgan fingerprint density at radius 1 is 0.675 bits per heavy atom. The van der Waals surface area contributed by atoms with Crippen molar-refractivity contribution < 1.29 is 54.6 Å². The van der Waals surface area contributed by atoms with E-state index in [0.29, 0.717) is 63.1 Å². The predicted octanol–water partition coefficient (Wildman–Crippen LogP) is 0.853. The molecule has 0 aliphatic rings. The first-order chi connectivity index (χ1) is 19.5. The standard InChI is InChI=1S/C28H44N2O10/c31-16-10-26(23-25-6-2-4-8-28(25)35)29-11-19-37-39-40-38-22-21-36-20-15-30(13-17-32,14-18-33)12-9-24-5-1-3-7-27(24)34/h1-8,26,29,31-33H,9-23H2,(H-,34,35)/p+1. The first-order valence-electron chi connectivity index (χ1n) is 13.6. The van der Waals surface area contributed by atoms with Crippen LogP contribution in [-0.4, -0.2) is 115 Å². The van der Waals surface area contributed by atoms with Gasteiger partial charge < -0.3 is 40.1 Å². The number of nitrogens with zero attached hydrogens (tertiary/aromatic N) is 1. The highest BCUT2D eigenvalue weighted by molar-refractivity contribution is 5.32. The van der Waals surface area contributed by atoms with Crippen LogP contribution in [0.4, 0.5) is 0 Å². The van der Waals surface area contributed by atoms with E-state index in [0.717, 1.165) is 11.1 Å². The number of para-hydroxylation sites is 2. The maximum atomic E-state index is 10.0. The van der Waals surface area contributed by atoms with Gasteiger partial charge in [0.25, 0.3) is 0 Å². The van der Waals surface area contributed by atoms with Gasteiger partial charge in [-0.15, -0.1) is 0 Å². The van der Waals surface area contributed by atoms with Gasteiger partial charge in [0.05, 0.1) is 39.6 Å². The van der Waals surface area contributed by atoms with Gasteiger partial charge in [-0.2, -0.15) is 0 Å². The fourth-order valence-corrected chi connectivity index (χ4v) is 4.42. The van der Waals surface area contributed by atoms with Gasteiger partial charge in [-0.05, 0) is 46.2 Å². The van der Waals surface area contributed by atoms with Crippen molar-refractivity contribution in [3.8, 4) is 11.5 Å². The normalized spacial score (nSPS) is 12.6. The third-order valence-corrected chi connectivity index (χ3v) is 6.69. The van der Waals surface area contributed by atoms with E-state index in [1.807, 2.05) is 24.3 Å². The van der Waals surface area contributed by atoms with Gasteiger partial charge in [-0.3, -0.25) is 0 Å². The molecule has 0 saturated carbocycles. The lowest BCUT2D eigenvalue weighted by atomic mass is 10.0. The molecule has 0 amide bonds. The molecular formula is C28H45N2O10+. The molecule has 0 aliphatic carbocycles. The Labute approximate surface area is 235 Å². The Morgan fingerprint density at radius 2 is 1.30 bits per heavy atom. The van der Waals surface area contributed by atoms with Crippen molar-refractivity contribution in [2.24, 2.45) is 0 Å². The van der Waals surface area contributed by atoms with Crippen molar-refractivity contribution in [3.05, 3.63) is 59.7 Å². The summed E-state index contributed by atoms with van der Waals surface area (Å²) < 4.78 is 6.09. The zero-order valence-electron chi connectivity index (χ0n) is 23.0. The number of ether oxygens (including phenoxy) is 1. The van der Waals surface area contributed by atoms with Gasteiger partial charge in [0, 0.05) is 25.6 Å². The maximum absolute atomic E-state index is 10.0. The average molecular weight is 570 g/mol. The summed E-state index contributed by atoms with van der Waals surface area (Å²) >= 11 is 0. The Morgan fingerprint density at radius 3 is 1.93 bits per heavy atom. The number of phenols is 2. The molecule has 1 unspecified atom stereocenters. The fourth-order valence-electron chi connectivity index (χ4n) is 4.42. The highest BCUT2D eigenvalue weighted by atomic mass is 17.7. The molecule has 0 fully saturated rings. The minimum absolute atomic E-state index is 0.0166. The molecule has 0 bridgehead atoms. The van der Waals surface area contributed by atoms with Gasteiger partial charge in [-0.1, -0.05) is 36.4 Å². The molecule has 0 aliphatic heterocycles. The summed E-state index contributed by atoms with van der Waals surface area (Å²) in [5.41, 5.74) is 1.62. The van der Waals surface area contributed by atoms with E-state index in [1.165, 1.54) is 0 Å². The van der Waals surface area contributed by atoms with Gasteiger partial charge in [0.1, 0.15) is 37.7 Å². The quantitative estimate of drug-likeness (QED) is 0.0461. The van der Waals surface area contributed by atoms with Crippen molar-refractivity contribution >= 4 is 0 Å². The molecule has 2 aromatic carbocycles. The molecule has 40 heavy (non-hydrogen) atoms. The fraction of sp³-hybridized carbons (Fsp3) is 0.571. The molecule has 0 heterocycles. The number of phenolic OH excluding ortho intramolecular Hbond substituents is 2. The maximum Gasteiger partial charge on any atom is 0.118 e. The largest absolute Gasteiger partial charge is 0.508 e. The summed E-state index contributed by atoms with van der Waals surface area (Å²) in [6.45, 7) is 3.41. The van der Waals surface area contributed by atoms with Crippen LogP contribution in [0.15, 0.2) is 48.5 Å². The van der Waals surface area contributed by atoms with Crippen LogP contribution in [0.1, 0.15) is 17.5 Å². The lowest BCUT2D eigenvalue weighted by molar-refractivity contribution is -0.928. The third-order valence-electron chi connectivity index (χ3n) is 6.69. The number of aliphatic hydroxyl groups is 3. The summed E-state index contributed by atoms with van der Waals surface area (Å²) in [6, 6.07) is 14.2. The van der Waals surface area contributed by atoms with Gasteiger partial charge >= 0.3 is 0 Å². The minimum Gasteiger partial charge on any atom is -0.508 e. The van der Waals surface area contributed by atoms with Crippen molar-refractivity contribution in [1.82, 2.24) is 5.32 Å². The van der Waals surface area contributed by atoms with E-state index >= 15 is 0 Å². The van der Waals surface area contributed by atoms with Crippen LogP contribution in [0.3, 0.4) is 0 Å². The highest BCUT2D eigenvalue weighted by Gasteiger charge is 2.26. The molecule has 12 nitrogen and oxygen atoms in total. The average Bonchev–Trinajstić information content (AvgIpc) is 2.94. The number of rotatable bonds is 24. The second kappa shape index (κ2) is 20.5. The van der Waals surface area contributed by atoms with Crippen molar-refractivity contribution in [3.63, 3.8) is 0 Å². The molecule has 2 rings (SSSR count). The lowest BCUT2D eigenvalue weighted by Crippen LogP contribution is -2.54. The second-order valence-corrected chi connectivity index (χ2v) is 9.45. The van der Waals surface area contributed by atoms with Crippen LogP contribution in [0.5, 0.6) is 11.5 Å². The third kappa shape index (κ3) is 13.3. The molecule has 0 aromatic heterocycles. The van der Waals surface area contributed by atoms with Crippen LogP contribution < -0.4 is 5.32 Å². The summed E-state index contributed by atoms with van der Waals surface area (Å²) in [4.78, 5) is 9.78. The van der Waals surface area contributed by atoms with Crippen molar-refractivity contribution in [2.45, 2.75) is 25.3 Å². The van der Waals surface area contributed by atoms with E-state index in [2.05, 4.69) is 15.4 Å². The highest BCUT2D eigenvalue weighted by Crippen LogP contribution is 2.19. The number of aliphatic hydroxyl groups excluding tert-OH is 3. The summed E-state index contributed by atoms with van der Waals surface area (Å²) in [5, 5.41) is 60.8. The molecule has 0 saturated heterocycles. The molecule has 226 valence electrons. The van der Waals surface area contributed by atoms with Crippen LogP contribution in [0.25, 0.3) is 0 Å². The molecule has 6 N–H and O–H groups in total. The predicted molar refractivity (Wildman–Crippen MR) is 146 cm³/mol. The van der Waals surface area contributed by atoms with Crippen molar-refractivity contribution in [2.75, 3.05) is 79.0 Å². The monoisotopic (exact) mass is 569 g/mol. The van der Waals surface area contributed by atoms with Gasteiger partial charge in [-0.25, -0.2) is 9.78 Å². The molecule has 2 aromatic rings. The first-order valence-corrected chi connectivity index (χ1v) is 13.6. The van der Waals surface area contributed by atoms with Crippen LogP contribution in [0, 0.1) is 0 Å². The summed E-state index contributed by atoms with van der Waals surface area (Å²) in [6.07, 6.45) is 1.69.